The zero-order chi connectivity index (χ0) is 16.2. The minimum Gasteiger partial charge on any atom is -0.355 e. The first-order valence-electron chi connectivity index (χ1n) is 7.94. The van der Waals surface area contributed by atoms with Crippen molar-refractivity contribution in [2.75, 3.05) is 0 Å². The number of nitrogens with zero attached hydrogens (tertiary/aromatic N) is 1. The van der Waals surface area contributed by atoms with Gasteiger partial charge >= 0.3 is 0 Å². The van der Waals surface area contributed by atoms with Gasteiger partial charge in [0.25, 0.3) is 5.91 Å². The molecule has 118 valence electrons. The smallest absolute Gasteiger partial charge is 0.273 e. The molecule has 0 aliphatic heterocycles. The Morgan fingerprint density at radius 2 is 1.96 bits per heavy atom. The molecule has 1 heterocycles. The molecule has 3 rings (SSSR count). The van der Waals surface area contributed by atoms with Crippen LogP contribution in [0.5, 0.6) is 0 Å². The Balaban J connectivity index is 1.81. The monoisotopic (exact) mass is 308 g/mol. The molecular formula is C19H20N2O2. The van der Waals surface area contributed by atoms with Gasteiger partial charge < -0.3 is 9.84 Å². The normalized spacial score (nSPS) is 12.3. The summed E-state index contributed by atoms with van der Waals surface area (Å²) in [6.07, 6.45) is 1.98. The summed E-state index contributed by atoms with van der Waals surface area (Å²) in [4.78, 5) is 12.2. The Morgan fingerprint density at radius 3 is 2.74 bits per heavy atom. The average Bonchev–Trinajstić information content (AvgIpc) is 3.04. The standard InChI is InChI=1S/C19H20N2O2/c1-3-6-13(2)20-19(22)17-12-18(23-21-17)16-10-9-14-7-4-5-8-15(14)11-16/h4-5,7-13H,3,6H2,1-2H3,(H,20,22). The maximum absolute atomic E-state index is 12.2. The molecular weight excluding hydrogens is 288 g/mol. The van der Waals surface area contributed by atoms with E-state index in [-0.39, 0.29) is 11.9 Å². The van der Waals surface area contributed by atoms with Gasteiger partial charge in [0.2, 0.25) is 0 Å². The second-order valence-corrected chi connectivity index (χ2v) is 5.80. The van der Waals surface area contributed by atoms with Crippen molar-refractivity contribution >= 4 is 16.7 Å². The topological polar surface area (TPSA) is 55.1 Å². The van der Waals surface area contributed by atoms with Gasteiger partial charge in [0.05, 0.1) is 0 Å². The van der Waals surface area contributed by atoms with Gasteiger partial charge in [0.15, 0.2) is 11.5 Å². The van der Waals surface area contributed by atoms with Crippen LogP contribution in [0.15, 0.2) is 53.1 Å². The van der Waals surface area contributed by atoms with Crippen molar-refractivity contribution < 1.29 is 9.32 Å². The molecule has 0 fully saturated rings. The summed E-state index contributed by atoms with van der Waals surface area (Å²) in [6.45, 7) is 4.09. The van der Waals surface area contributed by atoms with Gasteiger partial charge in [-0.3, -0.25) is 4.79 Å². The number of benzene rings is 2. The van der Waals surface area contributed by atoms with Crippen molar-refractivity contribution in [2.24, 2.45) is 0 Å². The van der Waals surface area contributed by atoms with Gasteiger partial charge in [-0.2, -0.15) is 0 Å². The van der Waals surface area contributed by atoms with E-state index in [2.05, 4.69) is 29.5 Å². The third-order valence-electron chi connectivity index (χ3n) is 3.88. The van der Waals surface area contributed by atoms with Gasteiger partial charge in [-0.25, -0.2) is 0 Å². The summed E-state index contributed by atoms with van der Waals surface area (Å²) >= 11 is 0. The van der Waals surface area contributed by atoms with E-state index in [0.29, 0.717) is 11.5 Å². The van der Waals surface area contributed by atoms with E-state index >= 15 is 0 Å². The predicted molar refractivity (Wildman–Crippen MR) is 91.3 cm³/mol. The highest BCUT2D eigenvalue weighted by Gasteiger charge is 2.15. The molecule has 1 unspecified atom stereocenters. The van der Waals surface area contributed by atoms with E-state index in [1.807, 2.05) is 37.3 Å². The first-order valence-corrected chi connectivity index (χ1v) is 7.94. The van der Waals surface area contributed by atoms with Crippen LogP contribution in [0, 0.1) is 0 Å². The molecule has 0 spiro atoms. The number of amides is 1. The van der Waals surface area contributed by atoms with Crippen molar-refractivity contribution in [3.63, 3.8) is 0 Å². The molecule has 1 atom stereocenters. The van der Waals surface area contributed by atoms with E-state index in [1.54, 1.807) is 6.07 Å². The lowest BCUT2D eigenvalue weighted by atomic mass is 10.1. The number of aromatic nitrogens is 1. The minimum atomic E-state index is -0.193. The highest BCUT2D eigenvalue weighted by Crippen LogP contribution is 2.25. The Labute approximate surface area is 135 Å². The average molecular weight is 308 g/mol. The van der Waals surface area contributed by atoms with Crippen molar-refractivity contribution in [3.8, 4) is 11.3 Å². The van der Waals surface area contributed by atoms with Gasteiger partial charge in [-0.05, 0) is 30.2 Å². The third kappa shape index (κ3) is 3.42. The molecule has 0 aliphatic rings. The first-order chi connectivity index (χ1) is 11.2. The number of hydrogen-bond donors (Lipinski definition) is 1. The number of nitrogens with one attached hydrogen (secondary N) is 1. The molecule has 0 bridgehead atoms. The number of hydrogen-bond acceptors (Lipinski definition) is 3. The van der Waals surface area contributed by atoms with E-state index in [1.165, 1.54) is 5.39 Å². The van der Waals surface area contributed by atoms with E-state index in [4.69, 9.17) is 4.52 Å². The van der Waals surface area contributed by atoms with Crippen LogP contribution in [0.1, 0.15) is 37.2 Å². The van der Waals surface area contributed by atoms with E-state index in [9.17, 15) is 4.79 Å². The highest BCUT2D eigenvalue weighted by atomic mass is 16.5. The zero-order valence-electron chi connectivity index (χ0n) is 13.4. The second kappa shape index (κ2) is 6.65. The summed E-state index contributed by atoms with van der Waals surface area (Å²) in [7, 11) is 0. The minimum absolute atomic E-state index is 0.133. The maximum atomic E-state index is 12.2. The fourth-order valence-electron chi connectivity index (χ4n) is 2.66. The predicted octanol–water partition coefficient (Wildman–Crippen LogP) is 4.41. The SMILES string of the molecule is CCCC(C)NC(=O)c1cc(-c2ccc3ccccc3c2)on1. The zero-order valence-corrected chi connectivity index (χ0v) is 13.4. The lowest BCUT2D eigenvalue weighted by molar-refractivity contribution is 0.0929. The highest BCUT2D eigenvalue weighted by molar-refractivity contribution is 5.93. The fourth-order valence-corrected chi connectivity index (χ4v) is 2.66. The van der Waals surface area contributed by atoms with Crippen molar-refractivity contribution in [2.45, 2.75) is 32.7 Å². The second-order valence-electron chi connectivity index (χ2n) is 5.80. The molecule has 1 aromatic heterocycles. The fraction of sp³-hybridized carbons (Fsp3) is 0.263. The number of carbonyl (C=O) groups excluding carboxylic acids is 1. The molecule has 1 amide bonds. The summed E-state index contributed by atoms with van der Waals surface area (Å²) in [5.74, 6) is 0.408. The van der Waals surface area contributed by atoms with E-state index < -0.39 is 0 Å². The number of carbonyl (C=O) groups is 1. The number of rotatable bonds is 5. The van der Waals surface area contributed by atoms with Crippen LogP contribution in [0.3, 0.4) is 0 Å². The van der Waals surface area contributed by atoms with Gasteiger partial charge in [0, 0.05) is 17.7 Å². The van der Waals surface area contributed by atoms with Gasteiger partial charge in [0.1, 0.15) is 0 Å². The van der Waals surface area contributed by atoms with Gasteiger partial charge in [-0.1, -0.05) is 54.9 Å². The summed E-state index contributed by atoms with van der Waals surface area (Å²) in [5.41, 5.74) is 1.23. The molecule has 2 aromatic carbocycles. The van der Waals surface area contributed by atoms with Crippen LogP contribution in [-0.2, 0) is 0 Å². The summed E-state index contributed by atoms with van der Waals surface area (Å²) < 4.78 is 5.35. The van der Waals surface area contributed by atoms with Crippen LogP contribution in [0.2, 0.25) is 0 Å². The third-order valence-corrected chi connectivity index (χ3v) is 3.88. The lowest BCUT2D eigenvalue weighted by Gasteiger charge is -2.10. The van der Waals surface area contributed by atoms with Gasteiger partial charge in [-0.15, -0.1) is 0 Å². The first kappa shape index (κ1) is 15.3. The van der Waals surface area contributed by atoms with Crippen LogP contribution >= 0.6 is 0 Å². The Morgan fingerprint density at radius 1 is 1.17 bits per heavy atom. The Hall–Kier alpha value is -2.62. The summed E-state index contributed by atoms with van der Waals surface area (Å²) in [5, 5.41) is 9.13. The number of fused-ring (bicyclic) bond motifs is 1. The molecule has 1 N–H and O–H groups in total. The Bertz CT molecular complexity index is 823. The molecule has 3 aromatic rings. The van der Waals surface area contributed by atoms with Crippen molar-refractivity contribution in [3.05, 3.63) is 54.2 Å². The molecule has 0 aliphatic carbocycles. The van der Waals surface area contributed by atoms with Crippen LogP contribution in [-0.4, -0.2) is 17.1 Å². The molecule has 4 heteroatoms. The molecule has 4 nitrogen and oxygen atoms in total. The van der Waals surface area contributed by atoms with Crippen molar-refractivity contribution in [1.82, 2.24) is 10.5 Å². The molecule has 23 heavy (non-hydrogen) atoms. The van der Waals surface area contributed by atoms with Crippen LogP contribution < -0.4 is 5.32 Å². The van der Waals surface area contributed by atoms with Crippen molar-refractivity contribution in [1.29, 1.82) is 0 Å². The van der Waals surface area contributed by atoms with E-state index in [0.717, 1.165) is 23.8 Å². The Kier molecular flexibility index (Phi) is 4.42. The quantitative estimate of drug-likeness (QED) is 0.759. The van der Waals surface area contributed by atoms with Crippen LogP contribution in [0.25, 0.3) is 22.1 Å². The van der Waals surface area contributed by atoms with Crippen LogP contribution in [0.4, 0.5) is 0 Å². The molecule has 0 saturated heterocycles. The molecule has 0 radical (unpaired) electrons. The maximum Gasteiger partial charge on any atom is 0.273 e. The summed E-state index contributed by atoms with van der Waals surface area (Å²) in [6, 6.07) is 16.0. The lowest BCUT2D eigenvalue weighted by Crippen LogP contribution is -2.32. The molecule has 0 saturated carbocycles. The largest absolute Gasteiger partial charge is 0.355 e.